The Bertz CT molecular complexity index is 724. The van der Waals surface area contributed by atoms with E-state index in [1.165, 1.54) is 10.9 Å². The molecule has 1 heterocycles. The molecule has 1 atom stereocenters. The molecule has 2 N–H and O–H groups in total. The molecular weight excluding hydrogens is 280 g/mol. The van der Waals surface area contributed by atoms with Crippen molar-refractivity contribution >= 4 is 16.8 Å². The average Bonchev–Trinajstić information content (AvgIpc) is 2.52. The van der Waals surface area contributed by atoms with Gasteiger partial charge in [-0.25, -0.2) is 4.98 Å². The van der Waals surface area contributed by atoms with Crippen LogP contribution >= 0.6 is 0 Å². The summed E-state index contributed by atoms with van der Waals surface area (Å²) in [6.07, 6.45) is 1.77. The first-order chi connectivity index (χ1) is 10.5. The van der Waals surface area contributed by atoms with Crippen molar-refractivity contribution in [1.82, 2.24) is 20.2 Å². The van der Waals surface area contributed by atoms with E-state index in [1.54, 1.807) is 6.07 Å². The Hall–Kier alpha value is -2.21. The van der Waals surface area contributed by atoms with Gasteiger partial charge in [0.25, 0.3) is 5.56 Å². The number of rotatable bonds is 6. The standard InChI is InChI=1S/C16H22N4O2/c1-11-5-4-6-13-15(11)19-10-20(16(13)22)8-7-14(21)18-9-12(2)17-3/h4-6,10,12,17H,7-9H2,1-3H3,(H,18,21). The minimum atomic E-state index is -0.106. The SMILES string of the molecule is CNC(C)CNC(=O)CCn1cnc2c(C)cccc2c1=O. The van der Waals surface area contributed by atoms with Crippen LogP contribution in [0.1, 0.15) is 18.9 Å². The lowest BCUT2D eigenvalue weighted by atomic mass is 10.1. The molecule has 0 spiro atoms. The number of para-hydroxylation sites is 1. The molecule has 0 bridgehead atoms. The lowest BCUT2D eigenvalue weighted by Gasteiger charge is -2.12. The Balaban J connectivity index is 2.05. The van der Waals surface area contributed by atoms with E-state index in [4.69, 9.17) is 0 Å². The Labute approximate surface area is 129 Å². The fourth-order valence-corrected chi connectivity index (χ4v) is 2.18. The van der Waals surface area contributed by atoms with E-state index in [-0.39, 0.29) is 23.9 Å². The zero-order chi connectivity index (χ0) is 16.1. The van der Waals surface area contributed by atoms with Crippen molar-refractivity contribution in [2.75, 3.05) is 13.6 Å². The highest BCUT2D eigenvalue weighted by molar-refractivity contribution is 5.80. The number of carbonyl (C=O) groups is 1. The summed E-state index contributed by atoms with van der Waals surface area (Å²) in [7, 11) is 1.85. The summed E-state index contributed by atoms with van der Waals surface area (Å²) >= 11 is 0. The summed E-state index contributed by atoms with van der Waals surface area (Å²) in [5.41, 5.74) is 1.58. The molecule has 0 saturated heterocycles. The van der Waals surface area contributed by atoms with Crippen LogP contribution in [0.3, 0.4) is 0 Å². The van der Waals surface area contributed by atoms with Gasteiger partial charge in [0.05, 0.1) is 17.2 Å². The first-order valence-electron chi connectivity index (χ1n) is 7.41. The lowest BCUT2D eigenvalue weighted by Crippen LogP contribution is -2.37. The van der Waals surface area contributed by atoms with Gasteiger partial charge in [0.1, 0.15) is 0 Å². The Morgan fingerprint density at radius 2 is 2.18 bits per heavy atom. The van der Waals surface area contributed by atoms with Crippen LogP contribution in [0.5, 0.6) is 0 Å². The predicted molar refractivity (Wildman–Crippen MR) is 86.9 cm³/mol. The third-order valence-corrected chi connectivity index (χ3v) is 3.73. The molecule has 0 aliphatic heterocycles. The topological polar surface area (TPSA) is 76.0 Å². The Kier molecular flexibility index (Phi) is 5.27. The molecule has 1 aromatic carbocycles. The molecule has 22 heavy (non-hydrogen) atoms. The molecule has 118 valence electrons. The molecule has 0 aliphatic rings. The van der Waals surface area contributed by atoms with Gasteiger partial charge in [-0.15, -0.1) is 0 Å². The maximum atomic E-state index is 12.4. The number of likely N-dealkylation sites (N-methyl/N-ethyl adjacent to an activating group) is 1. The van der Waals surface area contributed by atoms with Gasteiger partial charge in [-0.2, -0.15) is 0 Å². The van der Waals surface area contributed by atoms with E-state index in [1.807, 2.05) is 33.0 Å². The normalized spacial score (nSPS) is 12.3. The fourth-order valence-electron chi connectivity index (χ4n) is 2.18. The number of aryl methyl sites for hydroxylation is 2. The summed E-state index contributed by atoms with van der Waals surface area (Å²) in [6.45, 7) is 4.81. The van der Waals surface area contributed by atoms with Gasteiger partial charge in [-0.3, -0.25) is 14.2 Å². The highest BCUT2D eigenvalue weighted by atomic mass is 16.1. The second-order valence-corrected chi connectivity index (χ2v) is 5.46. The maximum Gasteiger partial charge on any atom is 0.261 e. The minimum absolute atomic E-state index is 0.0710. The zero-order valence-electron chi connectivity index (χ0n) is 13.2. The van der Waals surface area contributed by atoms with Crippen molar-refractivity contribution in [3.8, 4) is 0 Å². The minimum Gasteiger partial charge on any atom is -0.354 e. The summed E-state index contributed by atoms with van der Waals surface area (Å²) in [5, 5.41) is 6.47. The Morgan fingerprint density at radius 3 is 2.91 bits per heavy atom. The van der Waals surface area contributed by atoms with Crippen LogP contribution in [0.2, 0.25) is 0 Å². The fraction of sp³-hybridized carbons (Fsp3) is 0.438. The molecule has 2 rings (SSSR count). The second kappa shape index (κ2) is 7.17. The number of amides is 1. The molecule has 0 aliphatic carbocycles. The van der Waals surface area contributed by atoms with Gasteiger partial charge in [0.2, 0.25) is 5.91 Å². The molecule has 6 nitrogen and oxygen atoms in total. The molecule has 0 fully saturated rings. The van der Waals surface area contributed by atoms with Crippen LogP contribution in [0, 0.1) is 6.92 Å². The van der Waals surface area contributed by atoms with Gasteiger partial charge in [-0.1, -0.05) is 12.1 Å². The third kappa shape index (κ3) is 3.71. The van der Waals surface area contributed by atoms with Gasteiger partial charge in [0.15, 0.2) is 0 Å². The largest absolute Gasteiger partial charge is 0.354 e. The van der Waals surface area contributed by atoms with Gasteiger partial charge in [-0.05, 0) is 32.5 Å². The quantitative estimate of drug-likeness (QED) is 0.828. The van der Waals surface area contributed by atoms with E-state index >= 15 is 0 Å². The third-order valence-electron chi connectivity index (χ3n) is 3.73. The van der Waals surface area contributed by atoms with Crippen LogP contribution in [-0.4, -0.2) is 35.1 Å². The number of hydrogen-bond donors (Lipinski definition) is 2. The lowest BCUT2D eigenvalue weighted by molar-refractivity contribution is -0.121. The first kappa shape index (κ1) is 16.2. The van der Waals surface area contributed by atoms with Gasteiger partial charge < -0.3 is 10.6 Å². The Morgan fingerprint density at radius 1 is 1.41 bits per heavy atom. The van der Waals surface area contributed by atoms with Crippen molar-refractivity contribution < 1.29 is 4.79 Å². The molecule has 0 radical (unpaired) electrons. The summed E-state index contributed by atoms with van der Waals surface area (Å²) < 4.78 is 1.49. The van der Waals surface area contributed by atoms with Crippen molar-refractivity contribution in [2.24, 2.45) is 0 Å². The van der Waals surface area contributed by atoms with Crippen molar-refractivity contribution in [3.05, 3.63) is 40.4 Å². The second-order valence-electron chi connectivity index (χ2n) is 5.46. The molecule has 1 unspecified atom stereocenters. The molecule has 1 amide bonds. The number of nitrogens with zero attached hydrogens (tertiary/aromatic N) is 2. The summed E-state index contributed by atoms with van der Waals surface area (Å²) in [4.78, 5) is 28.5. The zero-order valence-corrected chi connectivity index (χ0v) is 13.2. The number of hydrogen-bond acceptors (Lipinski definition) is 4. The van der Waals surface area contributed by atoms with E-state index < -0.39 is 0 Å². The number of benzene rings is 1. The highest BCUT2D eigenvalue weighted by Gasteiger charge is 2.08. The molecule has 2 aromatic rings. The molecule has 1 aromatic heterocycles. The molecule has 6 heteroatoms. The van der Waals surface area contributed by atoms with Gasteiger partial charge >= 0.3 is 0 Å². The van der Waals surface area contributed by atoms with Crippen molar-refractivity contribution in [2.45, 2.75) is 32.9 Å². The van der Waals surface area contributed by atoms with Crippen LogP contribution in [-0.2, 0) is 11.3 Å². The number of aromatic nitrogens is 2. The summed E-state index contributed by atoms with van der Waals surface area (Å²) in [6, 6.07) is 5.76. The first-order valence-corrected chi connectivity index (χ1v) is 7.41. The van der Waals surface area contributed by atoms with Crippen molar-refractivity contribution in [1.29, 1.82) is 0 Å². The number of nitrogens with one attached hydrogen (secondary N) is 2. The van der Waals surface area contributed by atoms with Crippen LogP contribution < -0.4 is 16.2 Å². The van der Waals surface area contributed by atoms with Crippen LogP contribution in [0.4, 0.5) is 0 Å². The maximum absolute atomic E-state index is 12.4. The number of fused-ring (bicyclic) bond motifs is 1. The smallest absolute Gasteiger partial charge is 0.261 e. The monoisotopic (exact) mass is 302 g/mol. The van der Waals surface area contributed by atoms with Crippen LogP contribution in [0.25, 0.3) is 10.9 Å². The van der Waals surface area contributed by atoms with E-state index in [0.717, 1.165) is 11.1 Å². The van der Waals surface area contributed by atoms with E-state index in [9.17, 15) is 9.59 Å². The highest BCUT2D eigenvalue weighted by Crippen LogP contribution is 2.11. The predicted octanol–water partition coefficient (Wildman–Crippen LogP) is 0.819. The van der Waals surface area contributed by atoms with Gasteiger partial charge in [0, 0.05) is 25.6 Å². The van der Waals surface area contributed by atoms with E-state index in [2.05, 4.69) is 15.6 Å². The average molecular weight is 302 g/mol. The summed E-state index contributed by atoms with van der Waals surface area (Å²) in [5.74, 6) is -0.0710. The number of carbonyl (C=O) groups excluding carboxylic acids is 1. The molecule has 0 saturated carbocycles. The van der Waals surface area contributed by atoms with Crippen LogP contribution in [0.15, 0.2) is 29.3 Å². The van der Waals surface area contributed by atoms with E-state index in [0.29, 0.717) is 18.5 Å². The van der Waals surface area contributed by atoms with Crippen molar-refractivity contribution in [3.63, 3.8) is 0 Å². The molecular formula is C16H22N4O2.